The van der Waals surface area contributed by atoms with Gasteiger partial charge in [0.25, 0.3) is 0 Å². The van der Waals surface area contributed by atoms with Crippen molar-refractivity contribution in [1.29, 1.82) is 0 Å². The minimum Gasteiger partial charge on any atom is -0.444 e. The highest BCUT2D eigenvalue weighted by Gasteiger charge is 2.32. The lowest BCUT2D eigenvalue weighted by Crippen LogP contribution is -2.55. The Labute approximate surface area is 136 Å². The Morgan fingerprint density at radius 1 is 1.41 bits per heavy atom. The summed E-state index contributed by atoms with van der Waals surface area (Å²) in [5, 5.41) is 0.958. The van der Waals surface area contributed by atoms with Crippen molar-refractivity contribution in [2.45, 2.75) is 59.1 Å². The lowest BCUT2D eigenvalue weighted by molar-refractivity contribution is 0.0212. The van der Waals surface area contributed by atoms with Gasteiger partial charge in [-0.05, 0) is 34.1 Å². The van der Waals surface area contributed by atoms with Crippen LogP contribution in [0.1, 0.15) is 46.4 Å². The maximum absolute atomic E-state index is 12.3. The lowest BCUT2D eigenvalue weighted by Gasteiger charge is -2.41. The fraction of sp³-hybridized carbons (Fsp3) is 0.800. The van der Waals surface area contributed by atoms with Gasteiger partial charge < -0.3 is 14.5 Å². The lowest BCUT2D eigenvalue weighted by atomic mass is 10.1. The Morgan fingerprint density at radius 2 is 2.14 bits per heavy atom. The zero-order valence-electron chi connectivity index (χ0n) is 14.1. The van der Waals surface area contributed by atoms with Gasteiger partial charge in [-0.25, -0.2) is 9.78 Å². The first-order valence-corrected chi connectivity index (χ1v) is 8.62. The Balaban J connectivity index is 2.06. The molecule has 0 aliphatic carbocycles. The van der Waals surface area contributed by atoms with Gasteiger partial charge in [0.1, 0.15) is 11.4 Å². The molecule has 22 heavy (non-hydrogen) atoms. The van der Waals surface area contributed by atoms with Gasteiger partial charge in [-0.15, -0.1) is 0 Å². The largest absolute Gasteiger partial charge is 0.444 e. The second-order valence-electron chi connectivity index (χ2n) is 6.69. The number of aromatic nitrogens is 2. The Hall–Kier alpha value is -1.37. The molecule has 6 nitrogen and oxygen atoms in total. The standard InChI is InChI=1S/C15H26N4O2S/c1-6-7-12-10-18(14(20)21-15(3,4)5)8-9-19(12)13-16-11(2)17-22-13/h12H,6-10H2,1-5H3. The third-order valence-corrected chi connectivity index (χ3v) is 4.36. The highest BCUT2D eigenvalue weighted by molar-refractivity contribution is 7.09. The molecule has 1 unspecified atom stereocenters. The normalized spacial score (nSPS) is 19.4. The third kappa shape index (κ3) is 4.32. The molecule has 1 aliphatic rings. The molecule has 7 heteroatoms. The zero-order chi connectivity index (χ0) is 16.3. The number of carbonyl (C=O) groups is 1. The first-order valence-electron chi connectivity index (χ1n) is 7.85. The number of rotatable bonds is 3. The van der Waals surface area contributed by atoms with E-state index in [2.05, 4.69) is 21.2 Å². The van der Waals surface area contributed by atoms with Crippen molar-refractivity contribution >= 4 is 22.8 Å². The molecule has 1 saturated heterocycles. The molecule has 0 N–H and O–H groups in total. The van der Waals surface area contributed by atoms with E-state index in [1.165, 1.54) is 11.5 Å². The topological polar surface area (TPSA) is 58.6 Å². The molecule has 1 aromatic heterocycles. The summed E-state index contributed by atoms with van der Waals surface area (Å²) in [5.74, 6) is 0.810. The van der Waals surface area contributed by atoms with Crippen LogP contribution in [0.5, 0.6) is 0 Å². The highest BCUT2D eigenvalue weighted by atomic mass is 32.1. The summed E-state index contributed by atoms with van der Waals surface area (Å²) >= 11 is 1.44. The molecule has 2 rings (SSSR count). The van der Waals surface area contributed by atoms with Crippen LogP contribution >= 0.6 is 11.5 Å². The number of hydrogen-bond acceptors (Lipinski definition) is 6. The number of hydrogen-bond donors (Lipinski definition) is 0. The number of nitrogens with zero attached hydrogens (tertiary/aromatic N) is 4. The van der Waals surface area contributed by atoms with E-state index in [4.69, 9.17) is 4.74 Å². The molecule has 0 aromatic carbocycles. The van der Waals surface area contributed by atoms with E-state index >= 15 is 0 Å². The van der Waals surface area contributed by atoms with Crippen LogP contribution in [-0.4, -0.2) is 51.6 Å². The van der Waals surface area contributed by atoms with Gasteiger partial charge in [-0.2, -0.15) is 4.37 Å². The average Bonchev–Trinajstić information content (AvgIpc) is 2.83. The van der Waals surface area contributed by atoms with Crippen LogP contribution in [0.4, 0.5) is 9.93 Å². The van der Waals surface area contributed by atoms with E-state index in [0.717, 1.165) is 30.3 Å². The van der Waals surface area contributed by atoms with Crippen LogP contribution in [0.15, 0.2) is 0 Å². The Kier molecular flexibility index (Phi) is 5.26. The predicted molar refractivity (Wildman–Crippen MR) is 88.5 cm³/mol. The Bertz CT molecular complexity index is 512. The zero-order valence-corrected chi connectivity index (χ0v) is 14.9. The summed E-state index contributed by atoms with van der Waals surface area (Å²) < 4.78 is 9.76. The molecule has 0 bridgehead atoms. The number of piperazine rings is 1. The van der Waals surface area contributed by atoms with Gasteiger partial charge in [0.15, 0.2) is 0 Å². The summed E-state index contributed by atoms with van der Waals surface area (Å²) in [6.45, 7) is 11.9. The quantitative estimate of drug-likeness (QED) is 0.854. The van der Waals surface area contributed by atoms with E-state index in [1.54, 1.807) is 0 Å². The maximum atomic E-state index is 12.3. The van der Waals surface area contributed by atoms with Crippen LogP contribution in [0.25, 0.3) is 0 Å². The monoisotopic (exact) mass is 326 g/mol. The molecule has 2 heterocycles. The van der Waals surface area contributed by atoms with Crippen molar-refractivity contribution in [1.82, 2.24) is 14.3 Å². The van der Waals surface area contributed by atoms with Crippen molar-refractivity contribution in [3.05, 3.63) is 5.82 Å². The summed E-state index contributed by atoms with van der Waals surface area (Å²) in [6, 6.07) is 0.276. The van der Waals surface area contributed by atoms with Crippen LogP contribution in [0, 0.1) is 6.92 Å². The number of ether oxygens (including phenoxy) is 1. The number of amides is 1. The van der Waals surface area contributed by atoms with Crippen molar-refractivity contribution < 1.29 is 9.53 Å². The smallest absolute Gasteiger partial charge is 0.410 e. The molecule has 0 saturated carbocycles. The number of carbonyl (C=O) groups excluding carboxylic acids is 1. The van der Waals surface area contributed by atoms with E-state index in [1.807, 2.05) is 32.6 Å². The van der Waals surface area contributed by atoms with Crippen molar-refractivity contribution in [2.24, 2.45) is 0 Å². The minimum absolute atomic E-state index is 0.221. The maximum Gasteiger partial charge on any atom is 0.410 e. The molecule has 1 amide bonds. The summed E-state index contributed by atoms with van der Waals surface area (Å²) in [6.07, 6.45) is 1.88. The SMILES string of the molecule is CCCC1CN(C(=O)OC(C)(C)C)CCN1c1nc(C)ns1. The molecule has 0 radical (unpaired) electrons. The van der Waals surface area contributed by atoms with Gasteiger partial charge in [0.05, 0.1) is 0 Å². The van der Waals surface area contributed by atoms with Crippen LogP contribution in [0.2, 0.25) is 0 Å². The van der Waals surface area contributed by atoms with Gasteiger partial charge in [0.2, 0.25) is 5.13 Å². The highest BCUT2D eigenvalue weighted by Crippen LogP contribution is 2.25. The van der Waals surface area contributed by atoms with Crippen molar-refractivity contribution in [3.63, 3.8) is 0 Å². The van der Waals surface area contributed by atoms with E-state index in [-0.39, 0.29) is 12.1 Å². The summed E-state index contributed by atoms with van der Waals surface area (Å²) in [5.41, 5.74) is -0.454. The average molecular weight is 326 g/mol. The molecular weight excluding hydrogens is 300 g/mol. The third-order valence-electron chi connectivity index (χ3n) is 3.52. The van der Waals surface area contributed by atoms with Crippen LogP contribution < -0.4 is 4.90 Å². The van der Waals surface area contributed by atoms with E-state index < -0.39 is 5.60 Å². The first kappa shape index (κ1) is 17.0. The molecule has 1 atom stereocenters. The summed E-state index contributed by atoms with van der Waals surface area (Å²) in [4.78, 5) is 20.9. The fourth-order valence-electron chi connectivity index (χ4n) is 2.58. The molecule has 124 valence electrons. The van der Waals surface area contributed by atoms with Gasteiger partial charge in [-0.3, -0.25) is 0 Å². The predicted octanol–water partition coefficient (Wildman–Crippen LogP) is 3.07. The van der Waals surface area contributed by atoms with E-state index in [0.29, 0.717) is 13.1 Å². The number of anilines is 1. The second-order valence-corrected chi connectivity index (χ2v) is 7.42. The molecule has 1 aliphatic heterocycles. The summed E-state index contributed by atoms with van der Waals surface area (Å²) in [7, 11) is 0. The minimum atomic E-state index is -0.454. The van der Waals surface area contributed by atoms with Crippen LogP contribution in [-0.2, 0) is 4.74 Å². The fourth-order valence-corrected chi connectivity index (χ4v) is 3.36. The van der Waals surface area contributed by atoms with Crippen molar-refractivity contribution in [2.75, 3.05) is 24.5 Å². The first-order chi connectivity index (χ1) is 10.3. The molecule has 1 fully saturated rings. The van der Waals surface area contributed by atoms with Crippen molar-refractivity contribution in [3.8, 4) is 0 Å². The molecular formula is C15H26N4O2S. The van der Waals surface area contributed by atoms with E-state index in [9.17, 15) is 4.79 Å². The molecule has 0 spiro atoms. The molecule has 1 aromatic rings. The van der Waals surface area contributed by atoms with Gasteiger partial charge >= 0.3 is 6.09 Å². The van der Waals surface area contributed by atoms with Gasteiger partial charge in [-0.1, -0.05) is 13.3 Å². The van der Waals surface area contributed by atoms with Gasteiger partial charge in [0, 0.05) is 37.2 Å². The second kappa shape index (κ2) is 6.81. The number of aryl methyl sites for hydroxylation is 1. The Morgan fingerprint density at radius 3 is 2.68 bits per heavy atom. The van der Waals surface area contributed by atoms with Crippen LogP contribution in [0.3, 0.4) is 0 Å².